The zero-order valence-electron chi connectivity index (χ0n) is 9.17. The van der Waals surface area contributed by atoms with E-state index in [2.05, 4.69) is 11.8 Å². The van der Waals surface area contributed by atoms with Crippen LogP contribution in [-0.2, 0) is 4.74 Å². The summed E-state index contributed by atoms with van der Waals surface area (Å²) in [5.41, 5.74) is 0. The minimum atomic E-state index is 0.610. The summed E-state index contributed by atoms with van der Waals surface area (Å²) >= 11 is 5.52. The minimum Gasteiger partial charge on any atom is -0.379 e. The highest BCUT2D eigenvalue weighted by Gasteiger charge is 2.20. The molecule has 1 fully saturated rings. The maximum absolute atomic E-state index is 5.52. The average Bonchev–Trinajstić information content (AvgIpc) is 2.61. The zero-order chi connectivity index (χ0) is 10.2. The third-order valence-electron chi connectivity index (χ3n) is 2.84. The Balaban J connectivity index is 1.98. The Morgan fingerprint density at radius 3 is 3.00 bits per heavy atom. The average molecular weight is 220 g/mol. The van der Waals surface area contributed by atoms with E-state index < -0.39 is 0 Å². The predicted octanol–water partition coefficient (Wildman–Crippen LogP) is 2.36. The topological polar surface area (TPSA) is 12.5 Å². The van der Waals surface area contributed by atoms with Gasteiger partial charge in [-0.3, -0.25) is 0 Å². The molecule has 1 aliphatic rings. The number of likely N-dealkylation sites (tertiary alicyclic amines) is 1. The first-order chi connectivity index (χ1) is 6.86. The van der Waals surface area contributed by atoms with Gasteiger partial charge in [-0.25, -0.2) is 0 Å². The van der Waals surface area contributed by atoms with Crippen molar-refractivity contribution in [3.8, 4) is 0 Å². The molecule has 0 bridgehead atoms. The van der Waals surface area contributed by atoms with Crippen LogP contribution in [0.5, 0.6) is 0 Å². The second-order valence-corrected chi connectivity index (χ2v) is 4.42. The van der Waals surface area contributed by atoms with Crippen LogP contribution in [0.2, 0.25) is 0 Å². The van der Waals surface area contributed by atoms with E-state index in [1.807, 2.05) is 0 Å². The first kappa shape index (κ1) is 12.3. The number of hydrogen-bond acceptors (Lipinski definition) is 2. The van der Waals surface area contributed by atoms with Crippen molar-refractivity contribution in [3.05, 3.63) is 0 Å². The third-order valence-corrected chi connectivity index (χ3v) is 2.99. The van der Waals surface area contributed by atoms with Gasteiger partial charge in [-0.1, -0.05) is 13.3 Å². The highest BCUT2D eigenvalue weighted by atomic mass is 35.5. The van der Waals surface area contributed by atoms with Gasteiger partial charge in [0.15, 0.2) is 0 Å². The maximum atomic E-state index is 5.52. The number of alkyl halides is 1. The molecule has 3 heteroatoms. The standard InChI is InChI=1S/C11H22ClNO/c1-2-3-11-4-6-13(10-11)7-9-14-8-5-12/h11H,2-10H2,1H3. The lowest BCUT2D eigenvalue weighted by atomic mass is 10.0. The van der Waals surface area contributed by atoms with Gasteiger partial charge in [0.25, 0.3) is 0 Å². The quantitative estimate of drug-likeness (QED) is 0.482. The fraction of sp³-hybridized carbons (Fsp3) is 1.00. The molecule has 1 heterocycles. The summed E-state index contributed by atoms with van der Waals surface area (Å²) in [5.74, 6) is 1.55. The predicted molar refractivity (Wildman–Crippen MR) is 61.0 cm³/mol. The van der Waals surface area contributed by atoms with Gasteiger partial charge < -0.3 is 9.64 Å². The molecule has 0 N–H and O–H groups in total. The molecular weight excluding hydrogens is 198 g/mol. The van der Waals surface area contributed by atoms with E-state index in [0.29, 0.717) is 12.5 Å². The van der Waals surface area contributed by atoms with Gasteiger partial charge in [0.2, 0.25) is 0 Å². The number of nitrogens with zero attached hydrogens (tertiary/aromatic N) is 1. The van der Waals surface area contributed by atoms with Crippen LogP contribution in [0.25, 0.3) is 0 Å². The van der Waals surface area contributed by atoms with Gasteiger partial charge in [-0.2, -0.15) is 0 Å². The minimum absolute atomic E-state index is 0.610. The number of halogens is 1. The Morgan fingerprint density at radius 2 is 2.29 bits per heavy atom. The van der Waals surface area contributed by atoms with Crippen LogP contribution < -0.4 is 0 Å². The number of ether oxygens (including phenoxy) is 1. The van der Waals surface area contributed by atoms with Crippen molar-refractivity contribution in [1.29, 1.82) is 0 Å². The molecule has 1 saturated heterocycles. The molecular formula is C11H22ClNO. The van der Waals surface area contributed by atoms with E-state index >= 15 is 0 Å². The molecule has 0 aromatic heterocycles. The molecule has 0 aromatic carbocycles. The van der Waals surface area contributed by atoms with Crippen molar-refractivity contribution in [2.45, 2.75) is 26.2 Å². The maximum Gasteiger partial charge on any atom is 0.0602 e. The fourth-order valence-electron chi connectivity index (χ4n) is 2.11. The third kappa shape index (κ3) is 4.63. The van der Waals surface area contributed by atoms with E-state index in [9.17, 15) is 0 Å². The van der Waals surface area contributed by atoms with E-state index in [-0.39, 0.29) is 0 Å². The van der Waals surface area contributed by atoms with Crippen molar-refractivity contribution in [2.24, 2.45) is 5.92 Å². The zero-order valence-corrected chi connectivity index (χ0v) is 9.93. The molecule has 0 saturated carbocycles. The molecule has 1 unspecified atom stereocenters. The van der Waals surface area contributed by atoms with Crippen molar-refractivity contribution < 1.29 is 4.74 Å². The molecule has 0 aromatic rings. The lowest BCUT2D eigenvalue weighted by Crippen LogP contribution is -2.25. The summed E-state index contributed by atoms with van der Waals surface area (Å²) in [6, 6.07) is 0. The summed E-state index contributed by atoms with van der Waals surface area (Å²) in [7, 11) is 0. The summed E-state index contributed by atoms with van der Waals surface area (Å²) < 4.78 is 5.37. The summed E-state index contributed by atoms with van der Waals surface area (Å²) in [6.45, 7) is 7.41. The molecule has 0 amide bonds. The van der Waals surface area contributed by atoms with Crippen LogP contribution in [-0.4, -0.2) is 43.6 Å². The van der Waals surface area contributed by atoms with E-state index in [0.717, 1.165) is 19.1 Å². The first-order valence-corrected chi connectivity index (χ1v) is 6.26. The van der Waals surface area contributed by atoms with E-state index in [1.165, 1.54) is 32.4 Å². The van der Waals surface area contributed by atoms with Gasteiger partial charge in [0.05, 0.1) is 13.2 Å². The number of rotatable bonds is 7. The van der Waals surface area contributed by atoms with Gasteiger partial charge in [-0.15, -0.1) is 11.6 Å². The molecule has 0 spiro atoms. The number of hydrogen-bond donors (Lipinski definition) is 0. The Hall–Kier alpha value is 0.210. The first-order valence-electron chi connectivity index (χ1n) is 5.73. The van der Waals surface area contributed by atoms with Gasteiger partial charge in [0, 0.05) is 19.0 Å². The monoisotopic (exact) mass is 219 g/mol. The van der Waals surface area contributed by atoms with Gasteiger partial charge in [0.1, 0.15) is 0 Å². The summed E-state index contributed by atoms with van der Waals surface area (Å²) in [5, 5.41) is 0. The van der Waals surface area contributed by atoms with Gasteiger partial charge >= 0.3 is 0 Å². The Bertz CT molecular complexity index is 143. The Morgan fingerprint density at radius 1 is 1.43 bits per heavy atom. The van der Waals surface area contributed by atoms with Crippen molar-refractivity contribution in [2.75, 3.05) is 38.7 Å². The van der Waals surface area contributed by atoms with E-state index in [4.69, 9.17) is 16.3 Å². The second kappa shape index (κ2) is 7.49. The molecule has 0 aliphatic carbocycles. The summed E-state index contributed by atoms with van der Waals surface area (Å²) in [6.07, 6.45) is 4.09. The van der Waals surface area contributed by atoms with Gasteiger partial charge in [-0.05, 0) is 25.3 Å². The van der Waals surface area contributed by atoms with Crippen LogP contribution in [0.15, 0.2) is 0 Å². The lowest BCUT2D eigenvalue weighted by Gasteiger charge is -2.15. The molecule has 1 rings (SSSR count). The highest BCUT2D eigenvalue weighted by Crippen LogP contribution is 2.20. The fourth-order valence-corrected chi connectivity index (χ4v) is 2.22. The Labute approximate surface area is 92.6 Å². The van der Waals surface area contributed by atoms with Crippen LogP contribution in [0.3, 0.4) is 0 Å². The van der Waals surface area contributed by atoms with E-state index in [1.54, 1.807) is 0 Å². The second-order valence-electron chi connectivity index (χ2n) is 4.05. The Kier molecular flexibility index (Phi) is 6.57. The van der Waals surface area contributed by atoms with Crippen molar-refractivity contribution in [1.82, 2.24) is 4.90 Å². The lowest BCUT2D eigenvalue weighted by molar-refractivity contribution is 0.122. The summed E-state index contributed by atoms with van der Waals surface area (Å²) in [4.78, 5) is 2.51. The van der Waals surface area contributed by atoms with Crippen LogP contribution >= 0.6 is 11.6 Å². The molecule has 0 radical (unpaired) electrons. The van der Waals surface area contributed by atoms with Crippen LogP contribution in [0.4, 0.5) is 0 Å². The molecule has 1 atom stereocenters. The van der Waals surface area contributed by atoms with Crippen LogP contribution in [0.1, 0.15) is 26.2 Å². The largest absolute Gasteiger partial charge is 0.379 e. The molecule has 84 valence electrons. The molecule has 14 heavy (non-hydrogen) atoms. The molecule has 1 aliphatic heterocycles. The van der Waals surface area contributed by atoms with Crippen LogP contribution in [0, 0.1) is 5.92 Å². The normalized spacial score (nSPS) is 23.1. The van der Waals surface area contributed by atoms with Crippen molar-refractivity contribution in [3.63, 3.8) is 0 Å². The molecule has 2 nitrogen and oxygen atoms in total. The SMILES string of the molecule is CCCC1CCN(CCOCCCl)C1. The highest BCUT2D eigenvalue weighted by molar-refractivity contribution is 6.17. The smallest absolute Gasteiger partial charge is 0.0602 e. The van der Waals surface area contributed by atoms with Crippen molar-refractivity contribution >= 4 is 11.6 Å².